The van der Waals surface area contributed by atoms with Crippen molar-refractivity contribution >= 4 is 6.29 Å². The van der Waals surface area contributed by atoms with Crippen LogP contribution in [0.25, 0.3) is 0 Å². The summed E-state index contributed by atoms with van der Waals surface area (Å²) < 4.78 is 0. The Balaban J connectivity index is -0.000000299. The fraction of sp³-hybridized carbons (Fsp3) is 0.500. The van der Waals surface area contributed by atoms with Crippen LogP contribution in [0, 0.1) is 0 Å². The van der Waals surface area contributed by atoms with Crippen LogP contribution >= 0.6 is 0 Å². The number of aliphatic hydroxyl groups is 7. The second kappa shape index (κ2) is 19.6. The van der Waals surface area contributed by atoms with Crippen molar-refractivity contribution in [2.45, 2.75) is 24.4 Å². The SMILES string of the molecule is CO.CO.O=CC(O)C(O)C(O)C(O)CO.c1ccccc1. The molecule has 0 fully saturated rings. The molecule has 0 heterocycles. The van der Waals surface area contributed by atoms with E-state index in [2.05, 4.69) is 0 Å². The number of carbonyl (C=O) groups excluding carboxylic acids is 1. The molecule has 0 aliphatic carbocycles. The fourth-order valence-corrected chi connectivity index (χ4v) is 1.00. The molecule has 8 heteroatoms. The molecule has 0 aliphatic rings. The third-order valence-corrected chi connectivity index (χ3v) is 2.09. The van der Waals surface area contributed by atoms with Crippen molar-refractivity contribution in [2.24, 2.45) is 0 Å². The molecule has 130 valence electrons. The molecule has 1 aromatic carbocycles. The first-order valence-corrected chi connectivity index (χ1v) is 6.22. The van der Waals surface area contributed by atoms with Gasteiger partial charge in [0, 0.05) is 14.2 Å². The Morgan fingerprint density at radius 3 is 1.32 bits per heavy atom. The van der Waals surface area contributed by atoms with E-state index >= 15 is 0 Å². The van der Waals surface area contributed by atoms with Gasteiger partial charge in [0.25, 0.3) is 0 Å². The van der Waals surface area contributed by atoms with Gasteiger partial charge < -0.3 is 40.5 Å². The van der Waals surface area contributed by atoms with E-state index in [1.54, 1.807) is 0 Å². The normalized spacial score (nSPS) is 14.2. The quantitative estimate of drug-likeness (QED) is 0.294. The molecule has 1 aromatic rings. The third kappa shape index (κ3) is 13.6. The van der Waals surface area contributed by atoms with Gasteiger partial charge in [0.2, 0.25) is 0 Å². The molecular weight excluding hydrogens is 296 g/mol. The zero-order valence-electron chi connectivity index (χ0n) is 12.6. The standard InChI is InChI=1S/C6H12O6.C6H6.2CH4O/c7-1-3(9)5(11)6(12)4(10)2-8;1-2-4-6-5-3-1;2*1-2/h1,3-6,8-12H,2H2;1-6H;2*2H,1H3. The van der Waals surface area contributed by atoms with Crippen LogP contribution in [-0.2, 0) is 4.79 Å². The maximum absolute atomic E-state index is 9.90. The van der Waals surface area contributed by atoms with Gasteiger partial charge in [-0.15, -0.1) is 0 Å². The molecule has 22 heavy (non-hydrogen) atoms. The lowest BCUT2D eigenvalue weighted by atomic mass is 10.0. The van der Waals surface area contributed by atoms with Crippen molar-refractivity contribution in [3.8, 4) is 0 Å². The predicted molar refractivity (Wildman–Crippen MR) is 79.9 cm³/mol. The van der Waals surface area contributed by atoms with Gasteiger partial charge in [-0.1, -0.05) is 36.4 Å². The monoisotopic (exact) mass is 322 g/mol. The van der Waals surface area contributed by atoms with Gasteiger partial charge in [-0.25, -0.2) is 0 Å². The van der Waals surface area contributed by atoms with E-state index in [4.69, 9.17) is 35.7 Å². The van der Waals surface area contributed by atoms with Crippen molar-refractivity contribution in [3.63, 3.8) is 0 Å². The van der Waals surface area contributed by atoms with Gasteiger partial charge in [0.05, 0.1) is 6.61 Å². The Morgan fingerprint density at radius 2 is 1.09 bits per heavy atom. The second-order valence-corrected chi connectivity index (χ2v) is 3.51. The Hall–Kier alpha value is -1.39. The van der Waals surface area contributed by atoms with Crippen LogP contribution < -0.4 is 0 Å². The number of aliphatic hydroxyl groups excluding tert-OH is 7. The summed E-state index contributed by atoms with van der Waals surface area (Å²) in [5, 5.41) is 57.5. The summed E-state index contributed by atoms with van der Waals surface area (Å²) in [7, 11) is 2.00. The number of benzene rings is 1. The van der Waals surface area contributed by atoms with Crippen LogP contribution in [0.5, 0.6) is 0 Å². The zero-order valence-corrected chi connectivity index (χ0v) is 12.6. The zero-order chi connectivity index (χ0) is 18.0. The highest BCUT2D eigenvalue weighted by Gasteiger charge is 2.29. The van der Waals surface area contributed by atoms with Crippen LogP contribution in [0.15, 0.2) is 36.4 Å². The lowest BCUT2D eigenvalue weighted by Gasteiger charge is -2.22. The number of aldehydes is 1. The van der Waals surface area contributed by atoms with E-state index in [0.717, 1.165) is 14.2 Å². The Bertz CT molecular complexity index is 282. The average molecular weight is 322 g/mol. The van der Waals surface area contributed by atoms with E-state index in [9.17, 15) is 4.79 Å². The maximum atomic E-state index is 9.90. The van der Waals surface area contributed by atoms with Gasteiger partial charge in [-0.05, 0) is 0 Å². The highest BCUT2D eigenvalue weighted by atomic mass is 16.4. The van der Waals surface area contributed by atoms with Gasteiger partial charge in [-0.3, -0.25) is 0 Å². The molecule has 0 spiro atoms. The van der Waals surface area contributed by atoms with E-state index < -0.39 is 31.0 Å². The molecule has 0 aromatic heterocycles. The first kappa shape index (κ1) is 25.6. The second-order valence-electron chi connectivity index (χ2n) is 3.51. The first-order chi connectivity index (χ1) is 10.5. The van der Waals surface area contributed by atoms with Crippen molar-refractivity contribution in [1.29, 1.82) is 0 Å². The molecule has 7 N–H and O–H groups in total. The van der Waals surface area contributed by atoms with E-state index in [1.807, 2.05) is 36.4 Å². The van der Waals surface area contributed by atoms with Crippen LogP contribution in [0.3, 0.4) is 0 Å². The first-order valence-electron chi connectivity index (χ1n) is 6.22. The third-order valence-electron chi connectivity index (χ3n) is 2.09. The summed E-state index contributed by atoms with van der Waals surface area (Å²) in [6.07, 6.45) is -6.84. The molecular formula is C14H26O8. The van der Waals surface area contributed by atoms with Gasteiger partial charge >= 0.3 is 0 Å². The summed E-state index contributed by atoms with van der Waals surface area (Å²) in [6, 6.07) is 12.0. The van der Waals surface area contributed by atoms with Gasteiger partial charge in [-0.2, -0.15) is 0 Å². The molecule has 0 saturated carbocycles. The van der Waals surface area contributed by atoms with Crippen LogP contribution in [0.1, 0.15) is 0 Å². The topological polar surface area (TPSA) is 159 Å². The predicted octanol–water partition coefficient (Wildman–Crippen LogP) is -2.48. The summed E-state index contributed by atoms with van der Waals surface area (Å²) in [5.74, 6) is 0. The number of hydrogen-bond donors (Lipinski definition) is 7. The molecule has 4 unspecified atom stereocenters. The van der Waals surface area contributed by atoms with Crippen LogP contribution in [0.2, 0.25) is 0 Å². The Labute approximate surface area is 129 Å². The summed E-state index contributed by atoms with van der Waals surface area (Å²) >= 11 is 0. The Morgan fingerprint density at radius 1 is 0.773 bits per heavy atom. The highest BCUT2D eigenvalue weighted by Crippen LogP contribution is 2.02. The van der Waals surface area contributed by atoms with Crippen molar-refractivity contribution in [3.05, 3.63) is 36.4 Å². The summed E-state index contributed by atoms with van der Waals surface area (Å²) in [4.78, 5) is 9.90. The Kier molecular flexibility index (Phi) is 22.8. The van der Waals surface area contributed by atoms with Crippen LogP contribution in [0.4, 0.5) is 0 Å². The summed E-state index contributed by atoms with van der Waals surface area (Å²) in [5.41, 5.74) is 0. The van der Waals surface area contributed by atoms with E-state index in [0.29, 0.717) is 0 Å². The fourth-order valence-electron chi connectivity index (χ4n) is 1.00. The minimum absolute atomic E-state index is 0.0258. The highest BCUT2D eigenvalue weighted by molar-refractivity contribution is 5.56. The lowest BCUT2D eigenvalue weighted by Crippen LogP contribution is -2.46. The lowest BCUT2D eigenvalue weighted by molar-refractivity contribution is -0.136. The van der Waals surface area contributed by atoms with E-state index in [-0.39, 0.29) is 6.29 Å². The maximum Gasteiger partial charge on any atom is 0.151 e. The molecule has 4 atom stereocenters. The minimum atomic E-state index is -1.79. The molecule has 1 rings (SSSR count). The van der Waals surface area contributed by atoms with Crippen molar-refractivity contribution < 1.29 is 40.5 Å². The molecule has 0 amide bonds. The molecule has 8 nitrogen and oxygen atoms in total. The van der Waals surface area contributed by atoms with Crippen LogP contribution in [-0.4, -0.2) is 87.3 Å². The van der Waals surface area contributed by atoms with Gasteiger partial charge in [0.15, 0.2) is 6.29 Å². The van der Waals surface area contributed by atoms with E-state index in [1.165, 1.54) is 0 Å². The summed E-state index contributed by atoms with van der Waals surface area (Å²) in [6.45, 7) is -0.760. The molecule has 0 radical (unpaired) electrons. The molecule has 0 aliphatic heterocycles. The molecule has 0 saturated heterocycles. The number of rotatable bonds is 5. The minimum Gasteiger partial charge on any atom is -0.400 e. The van der Waals surface area contributed by atoms with Crippen molar-refractivity contribution in [2.75, 3.05) is 20.8 Å². The molecule has 0 bridgehead atoms. The largest absolute Gasteiger partial charge is 0.400 e. The number of carbonyl (C=O) groups is 1. The van der Waals surface area contributed by atoms with Gasteiger partial charge in [0.1, 0.15) is 24.4 Å². The smallest absolute Gasteiger partial charge is 0.151 e. The number of hydrogen-bond acceptors (Lipinski definition) is 8. The average Bonchev–Trinajstić information content (AvgIpc) is 2.64. The van der Waals surface area contributed by atoms with Crippen molar-refractivity contribution in [1.82, 2.24) is 0 Å².